The van der Waals surface area contributed by atoms with Crippen LogP contribution in [0.3, 0.4) is 0 Å². The number of amides is 1. The minimum absolute atomic E-state index is 0.103. The Hall–Kier alpha value is -1.59. The SMILES string of the molecule is COc1ccccc1N1CC[C@H](N2CC[C@H](C)[C@H]2CO)C1=O. The summed E-state index contributed by atoms with van der Waals surface area (Å²) in [5.41, 5.74) is 0.838. The number of methoxy groups -OCH3 is 1. The Labute approximate surface area is 131 Å². The molecule has 120 valence electrons. The van der Waals surface area contributed by atoms with E-state index in [4.69, 9.17) is 4.74 Å². The number of aliphatic hydroxyl groups excluding tert-OH is 1. The van der Waals surface area contributed by atoms with Crippen LogP contribution in [0.1, 0.15) is 19.8 Å². The maximum Gasteiger partial charge on any atom is 0.244 e. The van der Waals surface area contributed by atoms with Gasteiger partial charge < -0.3 is 14.7 Å². The van der Waals surface area contributed by atoms with Crippen molar-refractivity contribution in [3.63, 3.8) is 0 Å². The van der Waals surface area contributed by atoms with Gasteiger partial charge in [0.1, 0.15) is 5.75 Å². The third kappa shape index (κ3) is 2.48. The van der Waals surface area contributed by atoms with Gasteiger partial charge in [0.2, 0.25) is 5.91 Å². The number of carbonyl (C=O) groups excluding carboxylic acids is 1. The van der Waals surface area contributed by atoms with E-state index in [1.54, 1.807) is 7.11 Å². The van der Waals surface area contributed by atoms with Crippen LogP contribution in [0.4, 0.5) is 5.69 Å². The molecule has 0 bridgehead atoms. The Morgan fingerprint density at radius 3 is 2.77 bits per heavy atom. The van der Waals surface area contributed by atoms with Crippen LogP contribution in [-0.2, 0) is 4.79 Å². The van der Waals surface area contributed by atoms with Crippen molar-refractivity contribution in [2.24, 2.45) is 5.92 Å². The van der Waals surface area contributed by atoms with E-state index in [9.17, 15) is 9.90 Å². The smallest absolute Gasteiger partial charge is 0.244 e. The Kier molecular flexibility index (Phi) is 4.36. The quantitative estimate of drug-likeness (QED) is 0.916. The molecule has 1 aromatic rings. The molecule has 5 heteroatoms. The summed E-state index contributed by atoms with van der Waals surface area (Å²) in [6, 6.07) is 7.62. The summed E-state index contributed by atoms with van der Waals surface area (Å²) >= 11 is 0. The van der Waals surface area contributed by atoms with E-state index in [0.717, 1.165) is 30.8 Å². The number of ether oxygens (including phenoxy) is 1. The number of hydrogen-bond acceptors (Lipinski definition) is 4. The zero-order chi connectivity index (χ0) is 15.7. The minimum atomic E-state index is -0.119. The van der Waals surface area contributed by atoms with Crippen molar-refractivity contribution in [1.82, 2.24) is 4.90 Å². The Bertz CT molecular complexity index is 548. The number of anilines is 1. The summed E-state index contributed by atoms with van der Waals surface area (Å²) in [6.45, 7) is 3.87. The lowest BCUT2D eigenvalue weighted by molar-refractivity contribution is -0.122. The first-order valence-corrected chi connectivity index (χ1v) is 7.98. The maximum atomic E-state index is 12.9. The van der Waals surface area contributed by atoms with E-state index >= 15 is 0 Å². The van der Waals surface area contributed by atoms with Gasteiger partial charge >= 0.3 is 0 Å². The highest BCUT2D eigenvalue weighted by molar-refractivity contribution is 6.00. The fourth-order valence-electron chi connectivity index (χ4n) is 3.77. The molecule has 0 spiro atoms. The van der Waals surface area contributed by atoms with Gasteiger partial charge in [0.15, 0.2) is 0 Å². The van der Waals surface area contributed by atoms with Crippen molar-refractivity contribution in [2.45, 2.75) is 31.8 Å². The van der Waals surface area contributed by atoms with Crippen LogP contribution in [0.25, 0.3) is 0 Å². The Morgan fingerprint density at radius 1 is 1.27 bits per heavy atom. The summed E-state index contributed by atoms with van der Waals surface area (Å²) in [5.74, 6) is 1.29. The normalized spacial score (nSPS) is 29.3. The molecule has 0 saturated carbocycles. The highest BCUT2D eigenvalue weighted by Crippen LogP contribution is 2.35. The number of rotatable bonds is 4. The predicted molar refractivity (Wildman–Crippen MR) is 85.1 cm³/mol. The van der Waals surface area contributed by atoms with E-state index in [0.29, 0.717) is 12.5 Å². The molecular formula is C17H24N2O3. The molecule has 0 aromatic heterocycles. The minimum Gasteiger partial charge on any atom is -0.495 e. The van der Waals surface area contributed by atoms with Gasteiger partial charge in [-0.2, -0.15) is 0 Å². The van der Waals surface area contributed by atoms with Crippen molar-refractivity contribution in [3.05, 3.63) is 24.3 Å². The lowest BCUT2D eigenvalue weighted by Gasteiger charge is -2.30. The summed E-state index contributed by atoms with van der Waals surface area (Å²) in [7, 11) is 1.63. The molecule has 2 fully saturated rings. The van der Waals surface area contributed by atoms with Gasteiger partial charge in [0, 0.05) is 12.6 Å². The molecule has 2 aliphatic rings. The number of benzene rings is 1. The predicted octanol–water partition coefficient (Wildman–Crippen LogP) is 1.50. The highest BCUT2D eigenvalue weighted by atomic mass is 16.5. The topological polar surface area (TPSA) is 53.0 Å². The van der Waals surface area contributed by atoms with Crippen LogP contribution < -0.4 is 9.64 Å². The molecule has 2 saturated heterocycles. The van der Waals surface area contributed by atoms with Crippen LogP contribution >= 0.6 is 0 Å². The molecule has 5 nitrogen and oxygen atoms in total. The second-order valence-electron chi connectivity index (χ2n) is 6.22. The van der Waals surface area contributed by atoms with Gasteiger partial charge in [0.25, 0.3) is 0 Å². The molecule has 1 aromatic carbocycles. The van der Waals surface area contributed by atoms with Crippen molar-refractivity contribution < 1.29 is 14.6 Å². The monoisotopic (exact) mass is 304 g/mol. The van der Waals surface area contributed by atoms with Gasteiger partial charge in [0.05, 0.1) is 25.4 Å². The van der Waals surface area contributed by atoms with Gasteiger partial charge in [-0.05, 0) is 37.4 Å². The summed E-state index contributed by atoms with van der Waals surface area (Å²) in [6.07, 6.45) is 1.85. The largest absolute Gasteiger partial charge is 0.495 e. The lowest BCUT2D eigenvalue weighted by atomic mass is 10.0. The molecule has 2 heterocycles. The molecule has 1 N–H and O–H groups in total. The standard InChI is InChI=1S/C17H24N2O3/c1-12-7-9-18(15(12)11-20)14-8-10-19(17(14)21)13-5-3-4-6-16(13)22-2/h3-6,12,14-15,20H,7-11H2,1-2H3/t12-,14-,15+/m0/s1. The molecule has 0 aliphatic carbocycles. The van der Waals surface area contributed by atoms with E-state index in [2.05, 4.69) is 11.8 Å². The lowest BCUT2D eigenvalue weighted by Crippen LogP contribution is -2.46. The van der Waals surface area contributed by atoms with E-state index in [1.165, 1.54) is 0 Å². The van der Waals surface area contributed by atoms with E-state index in [-0.39, 0.29) is 24.6 Å². The fraction of sp³-hybridized carbons (Fsp3) is 0.588. The first-order chi connectivity index (χ1) is 10.7. The third-order valence-corrected chi connectivity index (χ3v) is 5.07. The maximum absolute atomic E-state index is 12.9. The van der Waals surface area contributed by atoms with Crippen molar-refractivity contribution in [3.8, 4) is 5.75 Å². The van der Waals surface area contributed by atoms with Crippen LogP contribution in [0, 0.1) is 5.92 Å². The van der Waals surface area contributed by atoms with E-state index < -0.39 is 0 Å². The second kappa shape index (κ2) is 6.26. The Balaban J connectivity index is 1.81. The summed E-state index contributed by atoms with van der Waals surface area (Å²) < 4.78 is 5.38. The zero-order valence-electron chi connectivity index (χ0n) is 13.2. The average molecular weight is 304 g/mol. The van der Waals surface area contributed by atoms with Crippen LogP contribution in [0.2, 0.25) is 0 Å². The molecule has 2 aliphatic heterocycles. The molecule has 0 unspecified atom stereocenters. The second-order valence-corrected chi connectivity index (χ2v) is 6.22. The number of carbonyl (C=O) groups is 1. The van der Waals surface area contributed by atoms with Crippen molar-refractivity contribution in [1.29, 1.82) is 0 Å². The van der Waals surface area contributed by atoms with Crippen LogP contribution in [0.5, 0.6) is 5.75 Å². The number of aliphatic hydroxyl groups is 1. The van der Waals surface area contributed by atoms with Gasteiger partial charge in [-0.3, -0.25) is 9.69 Å². The third-order valence-electron chi connectivity index (χ3n) is 5.07. The van der Waals surface area contributed by atoms with Crippen LogP contribution in [-0.4, -0.2) is 54.8 Å². The van der Waals surface area contributed by atoms with Crippen LogP contribution in [0.15, 0.2) is 24.3 Å². The average Bonchev–Trinajstić information content (AvgIpc) is 3.09. The first-order valence-electron chi connectivity index (χ1n) is 7.98. The van der Waals surface area contributed by atoms with E-state index in [1.807, 2.05) is 29.2 Å². The number of likely N-dealkylation sites (tertiary alicyclic amines) is 1. The summed E-state index contributed by atoms with van der Waals surface area (Å²) in [5, 5.41) is 9.63. The van der Waals surface area contributed by atoms with Gasteiger partial charge in [-0.25, -0.2) is 0 Å². The van der Waals surface area contributed by atoms with Crippen molar-refractivity contribution in [2.75, 3.05) is 31.7 Å². The van der Waals surface area contributed by atoms with Crippen molar-refractivity contribution >= 4 is 11.6 Å². The fourth-order valence-corrected chi connectivity index (χ4v) is 3.77. The molecular weight excluding hydrogens is 280 g/mol. The molecule has 3 atom stereocenters. The molecule has 0 radical (unpaired) electrons. The first kappa shape index (κ1) is 15.3. The zero-order valence-corrected chi connectivity index (χ0v) is 13.2. The van der Waals surface area contributed by atoms with Gasteiger partial charge in [-0.15, -0.1) is 0 Å². The molecule has 3 rings (SSSR count). The molecule has 22 heavy (non-hydrogen) atoms. The Morgan fingerprint density at radius 2 is 2.05 bits per heavy atom. The summed E-state index contributed by atoms with van der Waals surface area (Å²) in [4.78, 5) is 16.9. The number of hydrogen-bond donors (Lipinski definition) is 1. The number of nitrogens with zero attached hydrogens (tertiary/aromatic N) is 2. The number of para-hydroxylation sites is 2. The molecule has 1 amide bonds. The van der Waals surface area contributed by atoms with Gasteiger partial charge in [-0.1, -0.05) is 19.1 Å². The highest BCUT2D eigenvalue weighted by Gasteiger charge is 2.43.